The van der Waals surface area contributed by atoms with Gasteiger partial charge in [-0.2, -0.15) is 4.52 Å². The van der Waals surface area contributed by atoms with E-state index < -0.39 is 0 Å². The quantitative estimate of drug-likeness (QED) is 0.565. The number of rotatable bonds is 4. The van der Waals surface area contributed by atoms with Gasteiger partial charge in [-0.15, -0.1) is 15.3 Å². The van der Waals surface area contributed by atoms with Gasteiger partial charge in [0.15, 0.2) is 11.5 Å². The van der Waals surface area contributed by atoms with E-state index in [0.29, 0.717) is 28.5 Å². The van der Waals surface area contributed by atoms with Crippen LogP contribution in [-0.2, 0) is 0 Å². The van der Waals surface area contributed by atoms with Gasteiger partial charge >= 0.3 is 0 Å². The lowest BCUT2D eigenvalue weighted by molar-refractivity contribution is 0.0724. The third-order valence-electron chi connectivity index (χ3n) is 5.19. The van der Waals surface area contributed by atoms with Crippen LogP contribution in [0.4, 0.5) is 11.5 Å². The summed E-state index contributed by atoms with van der Waals surface area (Å²) in [5.74, 6) is 1.19. The van der Waals surface area contributed by atoms with Crippen molar-refractivity contribution >= 4 is 23.1 Å². The molecule has 30 heavy (non-hydrogen) atoms. The van der Waals surface area contributed by atoms with Crippen LogP contribution >= 0.6 is 0 Å². The number of pyridine rings is 1. The fourth-order valence-corrected chi connectivity index (χ4v) is 3.65. The maximum atomic E-state index is 12.9. The second kappa shape index (κ2) is 7.90. The van der Waals surface area contributed by atoms with Gasteiger partial charge in [0.1, 0.15) is 5.69 Å². The van der Waals surface area contributed by atoms with Crippen LogP contribution in [0.1, 0.15) is 29.6 Å². The molecule has 5 rings (SSSR count). The first kappa shape index (κ1) is 18.2. The summed E-state index contributed by atoms with van der Waals surface area (Å²) in [6, 6.07) is 17.0. The number of benzene rings is 1. The van der Waals surface area contributed by atoms with Crippen molar-refractivity contribution in [1.29, 1.82) is 0 Å². The van der Waals surface area contributed by atoms with Crippen LogP contribution in [0.5, 0.6) is 0 Å². The average Bonchev–Trinajstić information content (AvgIpc) is 3.23. The summed E-state index contributed by atoms with van der Waals surface area (Å²) in [6.07, 6.45) is 4.93. The summed E-state index contributed by atoms with van der Waals surface area (Å²) < 4.78 is 1.64. The minimum Gasteiger partial charge on any atom is -0.339 e. The molecule has 1 N–H and O–H groups in total. The molecule has 1 saturated heterocycles. The Labute approximate surface area is 173 Å². The third-order valence-corrected chi connectivity index (χ3v) is 5.19. The first-order valence-corrected chi connectivity index (χ1v) is 10.1. The number of fused-ring (bicyclic) bond motifs is 1. The Morgan fingerprint density at radius 1 is 0.933 bits per heavy atom. The predicted molar refractivity (Wildman–Crippen MR) is 113 cm³/mol. The molecule has 8 nitrogen and oxygen atoms in total. The Morgan fingerprint density at radius 2 is 1.77 bits per heavy atom. The smallest absolute Gasteiger partial charge is 0.253 e. The third kappa shape index (κ3) is 3.59. The Balaban J connectivity index is 1.47. The van der Waals surface area contributed by atoms with Crippen molar-refractivity contribution in [3.63, 3.8) is 0 Å². The fourth-order valence-electron chi connectivity index (χ4n) is 3.65. The molecule has 8 heteroatoms. The summed E-state index contributed by atoms with van der Waals surface area (Å²) in [7, 11) is 0. The predicted octanol–water partition coefficient (Wildman–Crippen LogP) is 3.56. The average molecular weight is 399 g/mol. The van der Waals surface area contributed by atoms with Crippen LogP contribution < -0.4 is 5.32 Å². The lowest BCUT2D eigenvalue weighted by atomic mass is 10.1. The minimum atomic E-state index is 0.0339. The number of nitrogens with zero attached hydrogens (tertiary/aromatic N) is 6. The van der Waals surface area contributed by atoms with E-state index in [2.05, 4.69) is 25.6 Å². The monoisotopic (exact) mass is 399 g/mol. The lowest BCUT2D eigenvalue weighted by Crippen LogP contribution is -2.35. The van der Waals surface area contributed by atoms with Crippen molar-refractivity contribution in [2.75, 3.05) is 18.4 Å². The molecule has 0 unspecified atom stereocenters. The molecule has 0 radical (unpaired) electrons. The van der Waals surface area contributed by atoms with E-state index in [9.17, 15) is 4.79 Å². The molecule has 150 valence electrons. The highest BCUT2D eigenvalue weighted by Crippen LogP contribution is 2.21. The molecule has 0 saturated carbocycles. The molecule has 1 aliphatic heterocycles. The summed E-state index contributed by atoms with van der Waals surface area (Å²) in [5.41, 5.74) is 2.72. The molecule has 0 atom stereocenters. The number of anilines is 2. The SMILES string of the molecule is O=C(c1ccnc(-c2nnc3ccc(Nc4ccccc4)nn23)c1)N1CCCCC1. The Kier molecular flexibility index (Phi) is 4.80. The molecule has 3 aromatic heterocycles. The molecule has 1 amide bonds. The van der Waals surface area contributed by atoms with Crippen molar-refractivity contribution in [3.05, 3.63) is 66.4 Å². The summed E-state index contributed by atoms with van der Waals surface area (Å²) >= 11 is 0. The standard InChI is InChI=1S/C22H21N7O/c30-22(28-13-5-2-6-14-28)16-11-12-23-18(15-16)21-26-25-20-10-9-19(27-29(20)21)24-17-7-3-1-4-8-17/h1,3-4,7-12,15H,2,5-6,13-14H2,(H,24,27). The first-order valence-electron chi connectivity index (χ1n) is 10.1. The first-order chi connectivity index (χ1) is 14.8. The number of carbonyl (C=O) groups is 1. The summed E-state index contributed by atoms with van der Waals surface area (Å²) in [4.78, 5) is 19.2. The van der Waals surface area contributed by atoms with Gasteiger partial charge in [0, 0.05) is 30.5 Å². The molecule has 1 aromatic carbocycles. The van der Waals surface area contributed by atoms with Gasteiger partial charge in [0.2, 0.25) is 5.82 Å². The summed E-state index contributed by atoms with van der Waals surface area (Å²) in [6.45, 7) is 1.61. The zero-order valence-electron chi connectivity index (χ0n) is 16.4. The zero-order chi connectivity index (χ0) is 20.3. The number of para-hydroxylation sites is 1. The van der Waals surface area contributed by atoms with Gasteiger partial charge in [-0.3, -0.25) is 9.78 Å². The second-order valence-electron chi connectivity index (χ2n) is 7.29. The van der Waals surface area contributed by atoms with Gasteiger partial charge in [-0.05, 0) is 55.7 Å². The van der Waals surface area contributed by atoms with E-state index in [0.717, 1.165) is 31.6 Å². The summed E-state index contributed by atoms with van der Waals surface area (Å²) in [5, 5.41) is 16.3. The molecular formula is C22H21N7O. The molecule has 0 spiro atoms. The van der Waals surface area contributed by atoms with E-state index in [-0.39, 0.29) is 5.91 Å². The van der Waals surface area contributed by atoms with Crippen LogP contribution in [0.25, 0.3) is 17.2 Å². The molecular weight excluding hydrogens is 378 g/mol. The van der Waals surface area contributed by atoms with E-state index in [1.807, 2.05) is 47.4 Å². The van der Waals surface area contributed by atoms with Crippen molar-refractivity contribution < 1.29 is 4.79 Å². The largest absolute Gasteiger partial charge is 0.339 e. The normalized spacial score (nSPS) is 14.1. The Bertz CT molecular complexity index is 1180. The Morgan fingerprint density at radius 3 is 2.60 bits per heavy atom. The van der Waals surface area contributed by atoms with Crippen molar-refractivity contribution in [3.8, 4) is 11.5 Å². The molecule has 1 fully saturated rings. The van der Waals surface area contributed by atoms with E-state index in [1.54, 1.807) is 22.8 Å². The van der Waals surface area contributed by atoms with Crippen molar-refractivity contribution in [2.24, 2.45) is 0 Å². The highest BCUT2D eigenvalue weighted by molar-refractivity contribution is 5.95. The molecule has 4 aromatic rings. The number of nitrogens with one attached hydrogen (secondary N) is 1. The van der Waals surface area contributed by atoms with Gasteiger partial charge in [0.05, 0.1) is 0 Å². The van der Waals surface area contributed by atoms with Gasteiger partial charge in [-0.25, -0.2) is 0 Å². The number of likely N-dealkylation sites (tertiary alicyclic amines) is 1. The number of carbonyl (C=O) groups excluding carboxylic acids is 1. The molecule has 0 bridgehead atoms. The van der Waals surface area contributed by atoms with Gasteiger partial charge in [0.25, 0.3) is 5.91 Å². The van der Waals surface area contributed by atoms with Crippen molar-refractivity contribution in [1.82, 2.24) is 29.7 Å². The molecule has 0 aliphatic carbocycles. The number of aromatic nitrogens is 5. The zero-order valence-corrected chi connectivity index (χ0v) is 16.4. The van der Waals surface area contributed by atoms with Crippen LogP contribution in [0.3, 0.4) is 0 Å². The van der Waals surface area contributed by atoms with E-state index in [4.69, 9.17) is 0 Å². The van der Waals surface area contributed by atoms with E-state index in [1.165, 1.54) is 6.42 Å². The van der Waals surface area contributed by atoms with Crippen LogP contribution in [-0.4, -0.2) is 48.7 Å². The topological polar surface area (TPSA) is 88.3 Å². The maximum absolute atomic E-state index is 12.9. The molecule has 1 aliphatic rings. The maximum Gasteiger partial charge on any atom is 0.253 e. The highest BCUT2D eigenvalue weighted by Gasteiger charge is 2.20. The second-order valence-corrected chi connectivity index (χ2v) is 7.29. The number of hydrogen-bond acceptors (Lipinski definition) is 6. The van der Waals surface area contributed by atoms with Gasteiger partial charge < -0.3 is 10.2 Å². The fraction of sp³-hybridized carbons (Fsp3) is 0.227. The van der Waals surface area contributed by atoms with Crippen molar-refractivity contribution in [2.45, 2.75) is 19.3 Å². The number of amides is 1. The van der Waals surface area contributed by atoms with Crippen LogP contribution in [0.15, 0.2) is 60.8 Å². The molecule has 4 heterocycles. The lowest BCUT2D eigenvalue weighted by Gasteiger charge is -2.26. The Hall–Kier alpha value is -3.81. The van der Waals surface area contributed by atoms with Crippen LogP contribution in [0.2, 0.25) is 0 Å². The number of piperidine rings is 1. The highest BCUT2D eigenvalue weighted by atomic mass is 16.2. The van der Waals surface area contributed by atoms with E-state index >= 15 is 0 Å². The minimum absolute atomic E-state index is 0.0339. The van der Waals surface area contributed by atoms with Gasteiger partial charge in [-0.1, -0.05) is 18.2 Å². The van der Waals surface area contributed by atoms with Crippen LogP contribution in [0, 0.1) is 0 Å². The number of hydrogen-bond donors (Lipinski definition) is 1.